The Balaban J connectivity index is 1.75. The first-order valence-electron chi connectivity index (χ1n) is 7.48. The van der Waals surface area contributed by atoms with Crippen molar-refractivity contribution in [1.29, 1.82) is 0 Å². The molecule has 0 radical (unpaired) electrons. The van der Waals surface area contributed by atoms with E-state index in [4.69, 9.17) is 0 Å². The van der Waals surface area contributed by atoms with Crippen LogP contribution in [0.25, 0.3) is 22.6 Å². The molecule has 114 valence electrons. The first-order chi connectivity index (χ1) is 11.1. The van der Waals surface area contributed by atoms with Crippen LogP contribution in [0.15, 0.2) is 48.9 Å². The minimum absolute atomic E-state index is 0.0316. The summed E-state index contributed by atoms with van der Waals surface area (Å²) in [6, 6.07) is 9.79. The number of imidazole rings is 1. The van der Waals surface area contributed by atoms with Gasteiger partial charge < -0.3 is 10.3 Å². The van der Waals surface area contributed by atoms with Gasteiger partial charge in [0.15, 0.2) is 0 Å². The summed E-state index contributed by atoms with van der Waals surface area (Å²) in [5.74, 6) is 0.834. The van der Waals surface area contributed by atoms with E-state index in [2.05, 4.69) is 20.3 Å². The van der Waals surface area contributed by atoms with Crippen molar-refractivity contribution in [2.24, 2.45) is 0 Å². The minimum atomic E-state index is -0.518. The number of hydrogen-bond acceptors (Lipinski definition) is 3. The normalized spacial score (nSPS) is 15.3. The van der Waals surface area contributed by atoms with Gasteiger partial charge in [-0.05, 0) is 43.7 Å². The molecule has 4 rings (SSSR count). The van der Waals surface area contributed by atoms with Crippen LogP contribution in [-0.2, 0) is 10.2 Å². The van der Waals surface area contributed by atoms with E-state index in [9.17, 15) is 4.79 Å². The maximum absolute atomic E-state index is 12.1. The molecule has 0 bridgehead atoms. The molecule has 0 spiro atoms. The molecule has 23 heavy (non-hydrogen) atoms. The zero-order valence-electron chi connectivity index (χ0n) is 12.9. The predicted octanol–water partition coefficient (Wildman–Crippen LogP) is 3.37. The number of benzene rings is 1. The van der Waals surface area contributed by atoms with E-state index in [1.165, 1.54) is 0 Å². The van der Waals surface area contributed by atoms with Gasteiger partial charge in [-0.3, -0.25) is 9.78 Å². The van der Waals surface area contributed by atoms with Crippen molar-refractivity contribution >= 4 is 11.6 Å². The number of nitrogens with one attached hydrogen (secondary N) is 2. The molecule has 0 saturated heterocycles. The molecule has 1 amide bonds. The third-order valence-corrected chi connectivity index (χ3v) is 4.34. The number of carbonyl (C=O) groups is 1. The summed E-state index contributed by atoms with van der Waals surface area (Å²) in [5, 5.41) is 2.92. The van der Waals surface area contributed by atoms with Gasteiger partial charge in [0.1, 0.15) is 5.82 Å². The fourth-order valence-corrected chi connectivity index (χ4v) is 2.86. The molecule has 1 aromatic carbocycles. The molecule has 3 aromatic rings. The molecular formula is C18H16N4O. The molecule has 2 aromatic heterocycles. The second-order valence-corrected chi connectivity index (χ2v) is 6.21. The monoisotopic (exact) mass is 304 g/mol. The van der Waals surface area contributed by atoms with E-state index in [0.29, 0.717) is 0 Å². The highest BCUT2D eigenvalue weighted by Crippen LogP contribution is 2.39. The first-order valence-corrected chi connectivity index (χ1v) is 7.48. The summed E-state index contributed by atoms with van der Waals surface area (Å²) in [4.78, 5) is 23.9. The highest BCUT2D eigenvalue weighted by molar-refractivity contribution is 6.06. The average molecular weight is 304 g/mol. The highest BCUT2D eigenvalue weighted by Gasteiger charge is 2.38. The van der Waals surface area contributed by atoms with Crippen molar-refractivity contribution in [2.75, 3.05) is 5.32 Å². The SMILES string of the molecule is CC1(C)C(=O)Nc2ccc(-c3c[nH]c(-c4ccncc4)n3)cc21. The Bertz CT molecular complexity index is 896. The molecule has 2 N–H and O–H groups in total. The molecule has 0 aliphatic carbocycles. The minimum Gasteiger partial charge on any atom is -0.344 e. The van der Waals surface area contributed by atoms with Crippen LogP contribution >= 0.6 is 0 Å². The molecule has 5 nitrogen and oxygen atoms in total. The Morgan fingerprint density at radius 3 is 2.61 bits per heavy atom. The van der Waals surface area contributed by atoms with Crippen LogP contribution in [0.5, 0.6) is 0 Å². The summed E-state index contributed by atoms with van der Waals surface area (Å²) in [6.45, 7) is 3.87. The van der Waals surface area contributed by atoms with E-state index in [-0.39, 0.29) is 5.91 Å². The molecule has 0 atom stereocenters. The number of aromatic amines is 1. The maximum Gasteiger partial charge on any atom is 0.234 e. The Kier molecular flexibility index (Phi) is 2.84. The van der Waals surface area contributed by atoms with Gasteiger partial charge in [0.05, 0.1) is 11.1 Å². The van der Waals surface area contributed by atoms with E-state index in [1.54, 1.807) is 12.4 Å². The molecule has 3 heterocycles. The third-order valence-electron chi connectivity index (χ3n) is 4.34. The van der Waals surface area contributed by atoms with E-state index in [0.717, 1.165) is 33.9 Å². The van der Waals surface area contributed by atoms with Gasteiger partial charge in [-0.1, -0.05) is 6.07 Å². The third kappa shape index (κ3) is 2.12. The summed E-state index contributed by atoms with van der Waals surface area (Å²) >= 11 is 0. The quantitative estimate of drug-likeness (QED) is 0.762. The van der Waals surface area contributed by atoms with Crippen molar-refractivity contribution in [1.82, 2.24) is 15.0 Å². The predicted molar refractivity (Wildman–Crippen MR) is 88.9 cm³/mol. The maximum atomic E-state index is 12.1. The topological polar surface area (TPSA) is 70.7 Å². The highest BCUT2D eigenvalue weighted by atomic mass is 16.2. The lowest BCUT2D eigenvalue weighted by Gasteiger charge is -2.15. The molecule has 1 aliphatic heterocycles. The van der Waals surface area contributed by atoms with Crippen molar-refractivity contribution < 1.29 is 4.79 Å². The van der Waals surface area contributed by atoms with Crippen molar-refractivity contribution in [3.63, 3.8) is 0 Å². The summed E-state index contributed by atoms with van der Waals surface area (Å²) in [5.41, 5.74) is 4.21. The second kappa shape index (κ2) is 4.78. The number of aromatic nitrogens is 3. The Labute approximate surface area is 133 Å². The Morgan fingerprint density at radius 1 is 1.04 bits per heavy atom. The van der Waals surface area contributed by atoms with Gasteiger partial charge in [0.2, 0.25) is 5.91 Å². The fraction of sp³-hybridized carbons (Fsp3) is 0.167. The lowest BCUT2D eigenvalue weighted by molar-refractivity contribution is -0.119. The summed E-state index contributed by atoms with van der Waals surface area (Å²) < 4.78 is 0. The largest absolute Gasteiger partial charge is 0.344 e. The van der Waals surface area contributed by atoms with Gasteiger partial charge in [-0.25, -0.2) is 4.98 Å². The average Bonchev–Trinajstić information content (AvgIpc) is 3.13. The Morgan fingerprint density at radius 2 is 1.83 bits per heavy atom. The molecule has 1 aliphatic rings. The Hall–Kier alpha value is -2.95. The standard InChI is InChI=1S/C18H16N4O/c1-18(2)13-9-12(3-4-14(13)22-17(18)23)15-10-20-16(21-15)11-5-7-19-8-6-11/h3-10H,1-2H3,(H,20,21)(H,22,23). The van der Waals surface area contributed by atoms with Crippen LogP contribution in [0.2, 0.25) is 0 Å². The number of amides is 1. The number of pyridine rings is 1. The first kappa shape index (κ1) is 13.7. The molecular weight excluding hydrogens is 288 g/mol. The van der Waals surface area contributed by atoms with Gasteiger partial charge in [0, 0.05) is 35.4 Å². The van der Waals surface area contributed by atoms with Crippen LogP contribution in [0.1, 0.15) is 19.4 Å². The van der Waals surface area contributed by atoms with E-state index < -0.39 is 5.41 Å². The van der Waals surface area contributed by atoms with Crippen LogP contribution in [0.4, 0.5) is 5.69 Å². The van der Waals surface area contributed by atoms with Crippen LogP contribution in [0.3, 0.4) is 0 Å². The summed E-state index contributed by atoms with van der Waals surface area (Å²) in [6.07, 6.45) is 5.37. The molecule has 5 heteroatoms. The fourth-order valence-electron chi connectivity index (χ4n) is 2.86. The van der Waals surface area contributed by atoms with Crippen LogP contribution < -0.4 is 5.32 Å². The number of H-pyrrole nitrogens is 1. The zero-order valence-corrected chi connectivity index (χ0v) is 12.9. The van der Waals surface area contributed by atoms with E-state index in [1.807, 2.05) is 50.4 Å². The van der Waals surface area contributed by atoms with Gasteiger partial charge in [-0.15, -0.1) is 0 Å². The molecule has 0 fully saturated rings. The van der Waals surface area contributed by atoms with Gasteiger partial charge in [-0.2, -0.15) is 0 Å². The van der Waals surface area contributed by atoms with Crippen molar-refractivity contribution in [2.45, 2.75) is 19.3 Å². The number of rotatable bonds is 2. The van der Waals surface area contributed by atoms with Crippen LogP contribution in [-0.4, -0.2) is 20.9 Å². The van der Waals surface area contributed by atoms with Gasteiger partial charge >= 0.3 is 0 Å². The number of hydrogen-bond donors (Lipinski definition) is 2. The smallest absolute Gasteiger partial charge is 0.234 e. The second-order valence-electron chi connectivity index (χ2n) is 6.21. The van der Waals surface area contributed by atoms with Crippen molar-refractivity contribution in [3.8, 4) is 22.6 Å². The number of anilines is 1. The van der Waals surface area contributed by atoms with Crippen LogP contribution in [0, 0.1) is 0 Å². The van der Waals surface area contributed by atoms with Crippen molar-refractivity contribution in [3.05, 3.63) is 54.5 Å². The van der Waals surface area contributed by atoms with E-state index >= 15 is 0 Å². The molecule has 0 saturated carbocycles. The summed E-state index contributed by atoms with van der Waals surface area (Å²) in [7, 11) is 0. The number of fused-ring (bicyclic) bond motifs is 1. The lowest BCUT2D eigenvalue weighted by Crippen LogP contribution is -2.26. The van der Waals surface area contributed by atoms with Gasteiger partial charge in [0.25, 0.3) is 0 Å². The lowest BCUT2D eigenvalue weighted by atomic mass is 9.85. The number of nitrogens with zero attached hydrogens (tertiary/aromatic N) is 2. The zero-order chi connectivity index (χ0) is 16.0. The molecule has 0 unspecified atom stereocenters. The number of carbonyl (C=O) groups excluding carboxylic acids is 1.